The lowest BCUT2D eigenvalue weighted by molar-refractivity contribution is 0.0319. The number of unbranched alkanes of at least 4 members (excludes halogenated alkanes) is 11. The van der Waals surface area contributed by atoms with Crippen LogP contribution in [0.15, 0.2) is 72.8 Å². The molecule has 0 aromatic heterocycles. The molecule has 5 nitrogen and oxygen atoms in total. The molecule has 0 N–H and O–H groups in total. The molecule has 1 atom stereocenters. The minimum Gasteiger partial charge on any atom is -0.494 e. The summed E-state index contributed by atoms with van der Waals surface area (Å²) < 4.78 is 17.0. The third kappa shape index (κ3) is 13.0. The van der Waals surface area contributed by atoms with Crippen molar-refractivity contribution in [2.24, 2.45) is 0 Å². The predicted octanol–water partition coefficient (Wildman–Crippen LogP) is 11.0. The Kier molecular flexibility index (Phi) is 16.2. The molecule has 0 saturated carbocycles. The minimum atomic E-state index is -0.451. The second-order valence-electron chi connectivity index (χ2n) is 11.8. The molecular formula is C39H52O5. The highest BCUT2D eigenvalue weighted by molar-refractivity contribution is 5.92. The molecule has 44 heavy (non-hydrogen) atoms. The van der Waals surface area contributed by atoms with E-state index in [0.29, 0.717) is 16.9 Å². The fraction of sp³-hybridized carbons (Fsp3) is 0.487. The van der Waals surface area contributed by atoms with Crippen molar-refractivity contribution in [3.05, 3.63) is 83.9 Å². The molecule has 0 saturated heterocycles. The summed E-state index contributed by atoms with van der Waals surface area (Å²) in [7, 11) is 0. The van der Waals surface area contributed by atoms with Crippen LogP contribution >= 0.6 is 0 Å². The van der Waals surface area contributed by atoms with Gasteiger partial charge in [0.15, 0.2) is 0 Å². The summed E-state index contributed by atoms with van der Waals surface area (Å²) in [5.74, 6) is 0.443. The number of ether oxygens (including phenoxy) is 3. The molecule has 0 fully saturated rings. The first-order valence-electron chi connectivity index (χ1n) is 16.9. The van der Waals surface area contributed by atoms with Crippen LogP contribution in [0.2, 0.25) is 0 Å². The molecular weight excluding hydrogens is 548 g/mol. The van der Waals surface area contributed by atoms with E-state index in [-0.39, 0.29) is 12.1 Å². The molecule has 3 aromatic rings. The first-order chi connectivity index (χ1) is 21.5. The van der Waals surface area contributed by atoms with Crippen LogP contribution in [0.3, 0.4) is 0 Å². The lowest BCUT2D eigenvalue weighted by Crippen LogP contribution is -2.15. The maximum absolute atomic E-state index is 12.7. The zero-order valence-electron chi connectivity index (χ0n) is 27.2. The summed E-state index contributed by atoms with van der Waals surface area (Å²) in [4.78, 5) is 25.2. The number of hydrogen-bond acceptors (Lipinski definition) is 5. The molecule has 1 unspecified atom stereocenters. The number of rotatable bonds is 21. The molecule has 238 valence electrons. The van der Waals surface area contributed by atoms with E-state index < -0.39 is 5.97 Å². The van der Waals surface area contributed by atoms with Gasteiger partial charge in [0, 0.05) is 0 Å². The average Bonchev–Trinajstić information content (AvgIpc) is 3.04. The summed E-state index contributed by atoms with van der Waals surface area (Å²) in [6.45, 7) is 7.11. The van der Waals surface area contributed by atoms with Crippen LogP contribution in [0.25, 0.3) is 11.1 Å². The third-order valence-electron chi connectivity index (χ3n) is 7.90. The average molecular weight is 601 g/mol. The number of carbonyl (C=O) groups is 2. The van der Waals surface area contributed by atoms with Gasteiger partial charge in [0.1, 0.15) is 11.5 Å². The molecule has 0 radical (unpaired) electrons. The molecule has 0 aliphatic rings. The maximum Gasteiger partial charge on any atom is 0.343 e. The van der Waals surface area contributed by atoms with Gasteiger partial charge in [-0.3, -0.25) is 0 Å². The molecule has 3 aromatic carbocycles. The quantitative estimate of drug-likeness (QED) is 0.0691. The van der Waals surface area contributed by atoms with Gasteiger partial charge in [-0.25, -0.2) is 9.59 Å². The highest BCUT2D eigenvalue weighted by Crippen LogP contribution is 2.24. The van der Waals surface area contributed by atoms with Gasteiger partial charge in [-0.2, -0.15) is 0 Å². The molecule has 0 aliphatic carbocycles. The molecule has 0 bridgehead atoms. The number of carbonyl (C=O) groups excluding carboxylic acids is 2. The first kappa shape index (κ1) is 34.9. The van der Waals surface area contributed by atoms with Crippen LogP contribution in [-0.2, 0) is 4.74 Å². The van der Waals surface area contributed by atoms with E-state index in [9.17, 15) is 9.59 Å². The van der Waals surface area contributed by atoms with Crippen LogP contribution < -0.4 is 9.47 Å². The zero-order chi connectivity index (χ0) is 31.4. The monoisotopic (exact) mass is 600 g/mol. The zero-order valence-corrected chi connectivity index (χ0v) is 27.2. The number of benzene rings is 3. The smallest absolute Gasteiger partial charge is 0.343 e. The lowest BCUT2D eigenvalue weighted by atomic mass is 10.0. The van der Waals surface area contributed by atoms with Crippen LogP contribution in [0.5, 0.6) is 11.5 Å². The van der Waals surface area contributed by atoms with Crippen molar-refractivity contribution in [1.82, 2.24) is 0 Å². The van der Waals surface area contributed by atoms with Gasteiger partial charge in [-0.15, -0.1) is 0 Å². The SMILES string of the molecule is CCCCCCCCCCCOc1ccc(-c2ccc(C(=O)Oc3ccc(C(=O)OC(C)CCCCCC)cc3)cc2)cc1. The van der Waals surface area contributed by atoms with Crippen molar-refractivity contribution >= 4 is 11.9 Å². The van der Waals surface area contributed by atoms with Crippen molar-refractivity contribution in [2.45, 2.75) is 117 Å². The second-order valence-corrected chi connectivity index (χ2v) is 11.8. The molecule has 0 spiro atoms. The predicted molar refractivity (Wildman–Crippen MR) is 180 cm³/mol. The van der Waals surface area contributed by atoms with Crippen molar-refractivity contribution in [2.75, 3.05) is 6.61 Å². The van der Waals surface area contributed by atoms with E-state index in [2.05, 4.69) is 13.8 Å². The van der Waals surface area contributed by atoms with Gasteiger partial charge < -0.3 is 14.2 Å². The summed E-state index contributed by atoms with van der Waals surface area (Å²) >= 11 is 0. The Balaban J connectivity index is 1.39. The lowest BCUT2D eigenvalue weighted by Gasteiger charge is -2.13. The van der Waals surface area contributed by atoms with Crippen molar-refractivity contribution < 1.29 is 23.8 Å². The Morgan fingerprint density at radius 3 is 1.59 bits per heavy atom. The third-order valence-corrected chi connectivity index (χ3v) is 7.90. The Bertz CT molecular complexity index is 1210. The summed E-state index contributed by atoms with van der Waals surface area (Å²) in [5, 5.41) is 0. The highest BCUT2D eigenvalue weighted by Gasteiger charge is 2.14. The molecule has 0 heterocycles. The van der Waals surface area contributed by atoms with Crippen LogP contribution in [0.1, 0.15) is 131 Å². The topological polar surface area (TPSA) is 61.8 Å². The largest absolute Gasteiger partial charge is 0.494 e. The molecule has 0 amide bonds. The molecule has 5 heteroatoms. The van der Waals surface area contributed by atoms with E-state index in [1.165, 1.54) is 64.2 Å². The normalized spacial score (nSPS) is 11.6. The fourth-order valence-electron chi connectivity index (χ4n) is 5.14. The second kappa shape index (κ2) is 20.4. The van der Waals surface area contributed by atoms with Crippen LogP contribution in [0, 0.1) is 0 Å². The fourth-order valence-corrected chi connectivity index (χ4v) is 5.14. The summed E-state index contributed by atoms with van der Waals surface area (Å²) in [6, 6.07) is 21.9. The van der Waals surface area contributed by atoms with Crippen LogP contribution in [0.4, 0.5) is 0 Å². The van der Waals surface area contributed by atoms with E-state index in [1.807, 2.05) is 43.3 Å². The van der Waals surface area contributed by atoms with Crippen LogP contribution in [-0.4, -0.2) is 24.6 Å². The van der Waals surface area contributed by atoms with E-state index in [0.717, 1.165) is 49.2 Å². The Hall–Kier alpha value is -3.60. The number of esters is 2. The standard InChI is InChI=1S/C39H52O5/c1-4-6-8-10-11-12-13-14-16-30-42-36-26-22-33(23-27-36)32-18-20-34(21-19-32)39(41)44-37-28-24-35(25-29-37)38(40)43-31(3)17-15-9-7-5-2/h18-29,31H,4-17,30H2,1-3H3. The van der Waals surface area contributed by atoms with Crippen molar-refractivity contribution in [3.8, 4) is 22.6 Å². The summed E-state index contributed by atoms with van der Waals surface area (Å²) in [5.41, 5.74) is 2.96. The van der Waals surface area contributed by atoms with Gasteiger partial charge in [0.2, 0.25) is 0 Å². The van der Waals surface area contributed by atoms with E-state index in [1.54, 1.807) is 36.4 Å². The van der Waals surface area contributed by atoms with Gasteiger partial charge in [0.25, 0.3) is 0 Å². The highest BCUT2D eigenvalue weighted by atomic mass is 16.5. The van der Waals surface area contributed by atoms with E-state index in [4.69, 9.17) is 14.2 Å². The van der Waals surface area contributed by atoms with E-state index >= 15 is 0 Å². The Labute approximate surface area is 265 Å². The van der Waals surface area contributed by atoms with Crippen molar-refractivity contribution in [3.63, 3.8) is 0 Å². The molecule has 3 rings (SSSR count). The number of hydrogen-bond donors (Lipinski definition) is 0. The van der Waals surface area contributed by atoms with Gasteiger partial charge in [0.05, 0.1) is 23.8 Å². The minimum absolute atomic E-state index is 0.125. The first-order valence-corrected chi connectivity index (χ1v) is 16.9. The Morgan fingerprint density at radius 1 is 0.545 bits per heavy atom. The Morgan fingerprint density at radius 2 is 1.00 bits per heavy atom. The van der Waals surface area contributed by atoms with Gasteiger partial charge in [-0.1, -0.05) is 109 Å². The van der Waals surface area contributed by atoms with Crippen molar-refractivity contribution in [1.29, 1.82) is 0 Å². The summed E-state index contributed by atoms with van der Waals surface area (Å²) in [6.07, 6.45) is 17.0. The van der Waals surface area contributed by atoms with Gasteiger partial charge >= 0.3 is 11.9 Å². The molecule has 0 aliphatic heterocycles. The maximum atomic E-state index is 12.7. The van der Waals surface area contributed by atoms with Gasteiger partial charge in [-0.05, 0) is 85.8 Å².